The van der Waals surface area contributed by atoms with Gasteiger partial charge in [-0.3, -0.25) is 4.79 Å². The van der Waals surface area contributed by atoms with Gasteiger partial charge in [-0.1, -0.05) is 41.5 Å². The molecule has 0 heterocycles. The van der Waals surface area contributed by atoms with Crippen LogP contribution in [0, 0.1) is 0 Å². The van der Waals surface area contributed by atoms with E-state index >= 15 is 0 Å². The summed E-state index contributed by atoms with van der Waals surface area (Å²) < 4.78 is 42.3. The van der Waals surface area contributed by atoms with Crippen LogP contribution in [-0.2, 0) is 6.42 Å². The molecule has 0 fully saturated rings. The largest absolute Gasteiger partial charge is 0.493 e. The minimum Gasteiger partial charge on any atom is -0.493 e. The number of ketones is 1. The molecule has 236 valence electrons. The third-order valence-corrected chi connectivity index (χ3v) is 6.14. The van der Waals surface area contributed by atoms with Gasteiger partial charge in [-0.05, 0) is 51.0 Å². The van der Waals surface area contributed by atoms with Crippen LogP contribution in [0.2, 0.25) is 0 Å². The van der Waals surface area contributed by atoms with Crippen molar-refractivity contribution in [1.29, 1.82) is 0 Å². The highest BCUT2D eigenvalue weighted by atomic mass is 16.5. The van der Waals surface area contributed by atoms with Gasteiger partial charge in [0.1, 0.15) is 11.3 Å². The van der Waals surface area contributed by atoms with Crippen molar-refractivity contribution >= 4 is 5.78 Å². The Balaban J connectivity index is 2.62. The quantitative estimate of drug-likeness (QED) is 0.120. The molecule has 2 aromatic carbocycles. The highest BCUT2D eigenvalue weighted by Crippen LogP contribution is 2.46. The summed E-state index contributed by atoms with van der Waals surface area (Å²) in [5.74, 6) is 3.58. The zero-order chi connectivity index (χ0) is 30.7. The monoisotopic (exact) mass is 588 g/mol. The number of aryl methyl sites for hydroxylation is 1. The Labute approximate surface area is 252 Å². The minimum atomic E-state index is -0.129. The van der Waals surface area contributed by atoms with Crippen molar-refractivity contribution in [3.63, 3.8) is 0 Å². The number of carbonyl (C=O) groups excluding carboxylic acids is 1. The lowest BCUT2D eigenvalue weighted by Gasteiger charge is -2.22. The van der Waals surface area contributed by atoms with Crippen molar-refractivity contribution in [1.82, 2.24) is 0 Å². The first-order valence-corrected chi connectivity index (χ1v) is 15.7. The van der Waals surface area contributed by atoms with Crippen LogP contribution < -0.4 is 33.2 Å². The molecule has 0 atom stereocenters. The predicted molar refractivity (Wildman–Crippen MR) is 167 cm³/mol. The van der Waals surface area contributed by atoms with Crippen LogP contribution in [0.1, 0.15) is 102 Å². The van der Waals surface area contributed by atoms with E-state index in [9.17, 15) is 4.79 Å². The Morgan fingerprint density at radius 2 is 1.00 bits per heavy atom. The third-order valence-electron chi connectivity index (χ3n) is 6.14. The Morgan fingerprint density at radius 1 is 0.548 bits per heavy atom. The molecule has 0 N–H and O–H groups in total. The maximum absolute atomic E-state index is 14.2. The highest BCUT2D eigenvalue weighted by Gasteiger charge is 2.28. The maximum Gasteiger partial charge on any atom is 0.176 e. The summed E-state index contributed by atoms with van der Waals surface area (Å²) in [4.78, 5) is 14.2. The highest BCUT2D eigenvalue weighted by molar-refractivity contribution is 6.03. The molecule has 0 aliphatic heterocycles. The van der Waals surface area contributed by atoms with Gasteiger partial charge in [0.15, 0.2) is 40.3 Å². The summed E-state index contributed by atoms with van der Waals surface area (Å²) in [5.41, 5.74) is 1.20. The minimum absolute atomic E-state index is 0.129. The van der Waals surface area contributed by atoms with Crippen LogP contribution in [0.25, 0.3) is 0 Å². The van der Waals surface area contributed by atoms with Gasteiger partial charge in [0.25, 0.3) is 0 Å². The lowest BCUT2D eigenvalue weighted by atomic mass is 9.99. The number of methoxy groups -OCH3 is 1. The average molecular weight is 589 g/mol. The van der Waals surface area contributed by atoms with E-state index in [0.29, 0.717) is 91.9 Å². The van der Waals surface area contributed by atoms with E-state index in [1.54, 1.807) is 13.2 Å². The van der Waals surface area contributed by atoms with Gasteiger partial charge >= 0.3 is 0 Å². The first-order valence-electron chi connectivity index (χ1n) is 15.7. The molecule has 0 radical (unpaired) electrons. The van der Waals surface area contributed by atoms with Crippen LogP contribution in [0.4, 0.5) is 0 Å². The fourth-order valence-corrected chi connectivity index (χ4v) is 4.20. The second kappa shape index (κ2) is 19.8. The van der Waals surface area contributed by atoms with Crippen LogP contribution in [0.15, 0.2) is 18.2 Å². The molecule has 0 bridgehead atoms. The van der Waals surface area contributed by atoms with E-state index in [2.05, 4.69) is 13.8 Å². The molecule has 0 aromatic heterocycles. The molecule has 42 heavy (non-hydrogen) atoms. The summed E-state index contributed by atoms with van der Waals surface area (Å²) in [6, 6.07) is 5.58. The van der Waals surface area contributed by atoms with E-state index in [-0.39, 0.29) is 12.2 Å². The van der Waals surface area contributed by atoms with E-state index in [4.69, 9.17) is 33.2 Å². The van der Waals surface area contributed by atoms with E-state index in [0.717, 1.165) is 44.1 Å². The lowest BCUT2D eigenvalue weighted by Crippen LogP contribution is -2.13. The number of rotatable bonds is 23. The Morgan fingerprint density at radius 3 is 1.48 bits per heavy atom. The van der Waals surface area contributed by atoms with Crippen molar-refractivity contribution < 1.29 is 38.0 Å². The van der Waals surface area contributed by atoms with Gasteiger partial charge < -0.3 is 33.2 Å². The lowest BCUT2D eigenvalue weighted by molar-refractivity contribution is 0.0971. The van der Waals surface area contributed by atoms with Crippen LogP contribution >= 0.6 is 0 Å². The number of benzene rings is 2. The first-order chi connectivity index (χ1) is 20.5. The van der Waals surface area contributed by atoms with Gasteiger partial charge in [0.05, 0.1) is 46.8 Å². The van der Waals surface area contributed by atoms with Gasteiger partial charge in [-0.2, -0.15) is 0 Å². The normalized spacial score (nSPS) is 10.7. The maximum atomic E-state index is 14.2. The Hall–Kier alpha value is -3.29. The molecule has 2 aromatic rings. The number of hydrogen-bond donors (Lipinski definition) is 0. The Bertz CT molecular complexity index is 1040. The van der Waals surface area contributed by atoms with Gasteiger partial charge in [0, 0.05) is 24.1 Å². The van der Waals surface area contributed by atoms with Crippen molar-refractivity contribution in [2.75, 3.05) is 46.8 Å². The third kappa shape index (κ3) is 10.2. The summed E-state index contributed by atoms with van der Waals surface area (Å²) in [6.07, 6.45) is 5.50. The number of hydrogen-bond acceptors (Lipinski definition) is 8. The molecule has 0 aliphatic carbocycles. The van der Waals surface area contributed by atoms with Gasteiger partial charge in [0.2, 0.25) is 0 Å². The summed E-state index contributed by atoms with van der Waals surface area (Å²) in [5, 5.41) is 0. The van der Waals surface area contributed by atoms with Crippen molar-refractivity contribution in [3.8, 4) is 40.2 Å². The van der Waals surface area contributed by atoms with Crippen LogP contribution in [0.5, 0.6) is 40.2 Å². The smallest absolute Gasteiger partial charge is 0.176 e. The average Bonchev–Trinajstić information content (AvgIpc) is 3.01. The molecule has 8 nitrogen and oxygen atoms in total. The number of carbonyl (C=O) groups is 1. The second-order valence-electron chi connectivity index (χ2n) is 10.0. The van der Waals surface area contributed by atoms with Crippen molar-refractivity contribution in [2.45, 2.75) is 92.9 Å². The first kappa shape index (κ1) is 34.9. The SMILES string of the molecule is CCCOc1cc(CCC(=O)c2c(OCCC)c(OCCC)cc(OCCC)c2OCCC)c(OCCC)c(OC)c1. The van der Waals surface area contributed by atoms with Gasteiger partial charge in [-0.15, -0.1) is 0 Å². The molecule has 0 amide bonds. The van der Waals surface area contributed by atoms with E-state index in [1.807, 2.05) is 39.8 Å². The number of Topliss-reactive ketones (excluding diaryl/α,β-unsaturated/α-hetero) is 1. The molecule has 0 unspecified atom stereocenters. The second-order valence-corrected chi connectivity index (χ2v) is 10.0. The van der Waals surface area contributed by atoms with Crippen molar-refractivity contribution in [3.05, 3.63) is 29.3 Å². The van der Waals surface area contributed by atoms with Crippen molar-refractivity contribution in [2.24, 2.45) is 0 Å². The molecular formula is C34H52O8. The molecule has 0 saturated carbocycles. The fraction of sp³-hybridized carbons (Fsp3) is 0.618. The van der Waals surface area contributed by atoms with Crippen LogP contribution in [-0.4, -0.2) is 52.5 Å². The molecule has 0 aliphatic rings. The standard InChI is InChI=1S/C34H52O8/c1-8-16-37-26-22-25(32(40-19-11-4)28(23-26)36-7)14-15-27(35)31-33(41-20-12-5)29(38-17-9-2)24-30(39-18-10-3)34(31)42-21-13-6/h22-24H,8-21H2,1-7H3. The van der Waals surface area contributed by atoms with E-state index < -0.39 is 0 Å². The fourth-order valence-electron chi connectivity index (χ4n) is 4.20. The topological polar surface area (TPSA) is 81.7 Å². The summed E-state index contributed by atoms with van der Waals surface area (Å²) in [7, 11) is 1.61. The summed E-state index contributed by atoms with van der Waals surface area (Å²) >= 11 is 0. The zero-order valence-corrected chi connectivity index (χ0v) is 26.9. The molecule has 0 saturated heterocycles. The predicted octanol–water partition coefficient (Wildman–Crippen LogP) is 8.24. The summed E-state index contributed by atoms with van der Waals surface area (Å²) in [6.45, 7) is 15.2. The molecule has 8 heteroatoms. The van der Waals surface area contributed by atoms with E-state index in [1.165, 1.54) is 0 Å². The number of ether oxygens (including phenoxy) is 7. The molecule has 0 spiro atoms. The molecule has 2 rings (SSSR count). The zero-order valence-electron chi connectivity index (χ0n) is 26.9. The molecular weight excluding hydrogens is 536 g/mol. The van der Waals surface area contributed by atoms with Crippen LogP contribution in [0.3, 0.4) is 0 Å². The van der Waals surface area contributed by atoms with Gasteiger partial charge in [-0.25, -0.2) is 0 Å². The Kier molecular flexibility index (Phi) is 16.4.